The molecular formula is C11H16N4S2. The predicted octanol–water partition coefficient (Wildman–Crippen LogP) is 2.60. The van der Waals surface area contributed by atoms with Crippen LogP contribution in [0.2, 0.25) is 0 Å². The van der Waals surface area contributed by atoms with Crippen molar-refractivity contribution in [2.24, 2.45) is 0 Å². The van der Waals surface area contributed by atoms with Gasteiger partial charge in [-0.1, -0.05) is 6.92 Å². The smallest absolute Gasteiger partial charge is 0.180 e. The first-order chi connectivity index (χ1) is 8.14. The van der Waals surface area contributed by atoms with Crippen molar-refractivity contribution in [2.75, 3.05) is 5.73 Å². The summed E-state index contributed by atoms with van der Waals surface area (Å²) in [4.78, 5) is 9.60. The van der Waals surface area contributed by atoms with Crippen molar-refractivity contribution < 1.29 is 0 Å². The van der Waals surface area contributed by atoms with Crippen molar-refractivity contribution in [3.05, 3.63) is 27.7 Å². The minimum absolute atomic E-state index is 0.0765. The van der Waals surface area contributed by atoms with Gasteiger partial charge in [-0.05, 0) is 13.3 Å². The van der Waals surface area contributed by atoms with Crippen LogP contribution < -0.4 is 11.1 Å². The quantitative estimate of drug-likeness (QED) is 0.875. The zero-order valence-corrected chi connectivity index (χ0v) is 11.6. The topological polar surface area (TPSA) is 63.8 Å². The lowest BCUT2D eigenvalue weighted by atomic mass is 10.00. The molecule has 0 amide bonds. The van der Waals surface area contributed by atoms with Gasteiger partial charge in [0.2, 0.25) is 0 Å². The van der Waals surface area contributed by atoms with Gasteiger partial charge in [-0.2, -0.15) is 0 Å². The number of thiazole rings is 2. The van der Waals surface area contributed by atoms with E-state index in [1.54, 1.807) is 11.3 Å². The molecule has 2 heterocycles. The van der Waals surface area contributed by atoms with Gasteiger partial charge in [0, 0.05) is 29.2 Å². The van der Waals surface area contributed by atoms with Gasteiger partial charge in [-0.25, -0.2) is 9.97 Å². The number of aromatic nitrogens is 2. The summed E-state index contributed by atoms with van der Waals surface area (Å²) in [7, 11) is 0. The maximum absolute atomic E-state index is 5.61. The van der Waals surface area contributed by atoms with Crippen molar-refractivity contribution in [3.63, 3.8) is 0 Å². The summed E-state index contributed by atoms with van der Waals surface area (Å²) in [5.41, 5.74) is 5.54. The van der Waals surface area contributed by atoms with Gasteiger partial charge < -0.3 is 11.1 Å². The molecule has 0 aliphatic heterocycles. The van der Waals surface area contributed by atoms with Gasteiger partial charge in [-0.15, -0.1) is 22.7 Å². The maximum atomic E-state index is 5.61. The second-order valence-electron chi connectivity index (χ2n) is 4.04. The van der Waals surface area contributed by atoms with Gasteiger partial charge in [0.15, 0.2) is 5.13 Å². The number of hydrogen-bond donors (Lipinski definition) is 2. The van der Waals surface area contributed by atoms with E-state index in [1.807, 2.05) is 17.8 Å². The molecule has 0 radical (unpaired) electrons. The molecule has 0 aromatic carbocycles. The molecule has 1 atom stereocenters. The molecule has 6 heteroatoms. The van der Waals surface area contributed by atoms with E-state index in [4.69, 9.17) is 5.73 Å². The maximum Gasteiger partial charge on any atom is 0.180 e. The van der Waals surface area contributed by atoms with Crippen molar-refractivity contribution >= 4 is 27.8 Å². The molecule has 0 saturated heterocycles. The first-order valence-corrected chi connectivity index (χ1v) is 7.19. The SMILES string of the molecule is CCC(C)(NCc1cnc(N)s1)c1nccs1. The van der Waals surface area contributed by atoms with E-state index in [9.17, 15) is 0 Å². The summed E-state index contributed by atoms with van der Waals surface area (Å²) >= 11 is 3.21. The molecule has 1 unspecified atom stereocenters. The lowest BCUT2D eigenvalue weighted by Gasteiger charge is -2.27. The van der Waals surface area contributed by atoms with Crippen molar-refractivity contribution in [3.8, 4) is 0 Å². The monoisotopic (exact) mass is 268 g/mol. The lowest BCUT2D eigenvalue weighted by Crippen LogP contribution is -2.38. The number of nitrogens with one attached hydrogen (secondary N) is 1. The van der Waals surface area contributed by atoms with Crippen LogP contribution in [0.4, 0.5) is 5.13 Å². The molecule has 2 rings (SSSR count). The lowest BCUT2D eigenvalue weighted by molar-refractivity contribution is 0.351. The minimum Gasteiger partial charge on any atom is -0.375 e. The van der Waals surface area contributed by atoms with Gasteiger partial charge >= 0.3 is 0 Å². The second kappa shape index (κ2) is 5.12. The largest absolute Gasteiger partial charge is 0.375 e. The van der Waals surface area contributed by atoms with E-state index in [-0.39, 0.29) is 5.54 Å². The Morgan fingerprint density at radius 1 is 1.47 bits per heavy atom. The number of nitrogen functional groups attached to an aromatic ring is 1. The van der Waals surface area contributed by atoms with Gasteiger partial charge in [-0.3, -0.25) is 0 Å². The van der Waals surface area contributed by atoms with E-state index < -0.39 is 0 Å². The molecule has 0 saturated carbocycles. The van der Waals surface area contributed by atoms with Crippen molar-refractivity contribution in [2.45, 2.75) is 32.4 Å². The molecule has 92 valence electrons. The fourth-order valence-electron chi connectivity index (χ4n) is 1.53. The Labute approximate surface area is 109 Å². The molecular weight excluding hydrogens is 252 g/mol. The van der Waals surface area contributed by atoms with E-state index >= 15 is 0 Å². The Kier molecular flexibility index (Phi) is 3.76. The summed E-state index contributed by atoms with van der Waals surface area (Å²) in [6, 6.07) is 0. The molecule has 0 spiro atoms. The zero-order valence-electron chi connectivity index (χ0n) is 9.93. The third-order valence-corrected chi connectivity index (χ3v) is 4.70. The van der Waals surface area contributed by atoms with Crippen LogP contribution in [0.25, 0.3) is 0 Å². The van der Waals surface area contributed by atoms with Crippen LogP contribution >= 0.6 is 22.7 Å². The Morgan fingerprint density at radius 2 is 2.29 bits per heavy atom. The van der Waals surface area contributed by atoms with Crippen LogP contribution in [0.3, 0.4) is 0 Å². The minimum atomic E-state index is -0.0765. The van der Waals surface area contributed by atoms with E-state index in [0.717, 1.165) is 22.9 Å². The summed E-state index contributed by atoms with van der Waals surface area (Å²) in [6.07, 6.45) is 4.67. The van der Waals surface area contributed by atoms with Gasteiger partial charge in [0.05, 0.1) is 5.54 Å². The third kappa shape index (κ3) is 2.83. The Bertz CT molecular complexity index is 466. The highest BCUT2D eigenvalue weighted by Gasteiger charge is 2.26. The zero-order chi connectivity index (χ0) is 12.3. The Morgan fingerprint density at radius 3 is 2.82 bits per heavy atom. The van der Waals surface area contributed by atoms with Crippen LogP contribution in [0.1, 0.15) is 30.2 Å². The standard InChI is InChI=1S/C11H16N4S2/c1-3-11(2,9-13-4-5-16-9)15-7-8-6-14-10(12)17-8/h4-6,15H,3,7H2,1-2H3,(H2,12,14). The van der Waals surface area contributed by atoms with Crippen LogP contribution in [0.15, 0.2) is 17.8 Å². The van der Waals surface area contributed by atoms with Crippen LogP contribution in [-0.4, -0.2) is 9.97 Å². The highest BCUT2D eigenvalue weighted by Crippen LogP contribution is 2.27. The van der Waals surface area contributed by atoms with E-state index in [2.05, 4.69) is 29.1 Å². The van der Waals surface area contributed by atoms with E-state index in [1.165, 1.54) is 11.3 Å². The number of hydrogen-bond acceptors (Lipinski definition) is 6. The van der Waals surface area contributed by atoms with Crippen LogP contribution in [0, 0.1) is 0 Å². The molecule has 0 bridgehead atoms. The first kappa shape index (κ1) is 12.5. The Balaban J connectivity index is 2.05. The molecule has 0 fully saturated rings. The Hall–Kier alpha value is -0.980. The van der Waals surface area contributed by atoms with Crippen LogP contribution in [-0.2, 0) is 12.1 Å². The first-order valence-electron chi connectivity index (χ1n) is 5.49. The summed E-state index contributed by atoms with van der Waals surface area (Å²) in [5.74, 6) is 0. The predicted molar refractivity (Wildman–Crippen MR) is 73.1 cm³/mol. The number of nitrogens with zero attached hydrogens (tertiary/aromatic N) is 2. The molecule has 17 heavy (non-hydrogen) atoms. The normalized spacial score (nSPS) is 14.7. The number of anilines is 1. The summed E-state index contributed by atoms with van der Waals surface area (Å²) < 4.78 is 0. The summed E-state index contributed by atoms with van der Waals surface area (Å²) in [6.45, 7) is 5.12. The molecule has 2 aromatic heterocycles. The second-order valence-corrected chi connectivity index (χ2v) is 6.08. The van der Waals surface area contributed by atoms with Gasteiger partial charge in [0.25, 0.3) is 0 Å². The molecule has 4 nitrogen and oxygen atoms in total. The third-order valence-electron chi connectivity index (χ3n) is 2.84. The fourth-order valence-corrected chi connectivity index (χ4v) is 3.01. The number of rotatable bonds is 5. The average Bonchev–Trinajstić information content (AvgIpc) is 2.97. The van der Waals surface area contributed by atoms with Gasteiger partial charge in [0.1, 0.15) is 5.01 Å². The van der Waals surface area contributed by atoms with Crippen molar-refractivity contribution in [1.82, 2.24) is 15.3 Å². The van der Waals surface area contributed by atoms with Crippen molar-refractivity contribution in [1.29, 1.82) is 0 Å². The van der Waals surface area contributed by atoms with E-state index in [0.29, 0.717) is 5.13 Å². The summed E-state index contributed by atoms with van der Waals surface area (Å²) in [5, 5.41) is 7.29. The average molecular weight is 268 g/mol. The fraction of sp³-hybridized carbons (Fsp3) is 0.455. The highest BCUT2D eigenvalue weighted by molar-refractivity contribution is 7.15. The molecule has 0 aliphatic carbocycles. The molecule has 0 aliphatic rings. The number of nitrogens with two attached hydrogens (primary N) is 1. The molecule has 3 N–H and O–H groups in total. The molecule has 2 aromatic rings. The highest BCUT2D eigenvalue weighted by atomic mass is 32.1. The van der Waals surface area contributed by atoms with Crippen LogP contribution in [0.5, 0.6) is 0 Å².